The molecule has 6 rings (SSSR count). The van der Waals surface area contributed by atoms with Gasteiger partial charge >= 0.3 is 5.97 Å². The van der Waals surface area contributed by atoms with Crippen molar-refractivity contribution in [1.29, 1.82) is 0 Å². The van der Waals surface area contributed by atoms with Crippen molar-refractivity contribution in [3.05, 3.63) is 42.0 Å². The molecule has 9 atom stereocenters. The van der Waals surface area contributed by atoms with Crippen LogP contribution in [0, 0.1) is 56.7 Å². The van der Waals surface area contributed by atoms with E-state index < -0.39 is 0 Å². The molecule has 0 bridgehead atoms. The van der Waals surface area contributed by atoms with Gasteiger partial charge in [-0.05, 0) is 146 Å². The lowest BCUT2D eigenvalue weighted by atomic mass is 9.41. The lowest BCUT2D eigenvalue weighted by Crippen LogP contribution is -2.58. The van der Waals surface area contributed by atoms with Crippen LogP contribution < -0.4 is 4.74 Å². The summed E-state index contributed by atoms with van der Waals surface area (Å²) in [7, 11) is 1.52. The zero-order valence-corrected chi connectivity index (χ0v) is 29.5. The summed E-state index contributed by atoms with van der Waals surface area (Å²) >= 11 is 0. The largest absolute Gasteiger partial charge is 0.504 e. The third-order valence-electron chi connectivity index (χ3n) is 15.4. The molecule has 1 N–H and O–H groups in total. The van der Waals surface area contributed by atoms with Crippen LogP contribution in [-0.2, 0) is 9.53 Å². The molecule has 248 valence electrons. The number of fused-ring (bicyclic) bond motifs is 2. The van der Waals surface area contributed by atoms with Crippen molar-refractivity contribution in [2.45, 2.75) is 125 Å². The van der Waals surface area contributed by atoms with E-state index in [0.29, 0.717) is 39.2 Å². The Bertz CT molecular complexity index is 1360. The Kier molecular flexibility index (Phi) is 8.13. The number of methoxy groups -OCH3 is 1. The highest BCUT2D eigenvalue weighted by atomic mass is 16.5. The highest BCUT2D eigenvalue weighted by Crippen LogP contribution is 2.89. The third kappa shape index (κ3) is 4.85. The molecule has 0 saturated heterocycles. The van der Waals surface area contributed by atoms with Crippen molar-refractivity contribution in [3.8, 4) is 11.5 Å². The van der Waals surface area contributed by atoms with Gasteiger partial charge in [-0.15, -0.1) is 0 Å². The van der Waals surface area contributed by atoms with Gasteiger partial charge in [0.1, 0.15) is 6.10 Å². The Hall–Kier alpha value is -2.23. The molecule has 0 heterocycles. The second-order valence-corrected chi connectivity index (χ2v) is 17.5. The number of ether oxygens (including phenoxy) is 2. The first kappa shape index (κ1) is 32.7. The van der Waals surface area contributed by atoms with Crippen LogP contribution in [0.25, 0.3) is 6.08 Å². The lowest BCUT2D eigenvalue weighted by molar-refractivity contribution is -0.179. The number of allylic oxidation sites excluding steroid dienone is 1. The van der Waals surface area contributed by atoms with E-state index in [1.807, 2.05) is 0 Å². The SMILES string of the molecule is C=C(CCC(C)C1CC[C@@]2(C)[C@@H]3CC[C@H]4C(C)(C)C(OC(=O)/C=C/c5ccc(O)c(OC)c5)CCC45CC35CCC12C)C(C)C. The fourth-order valence-corrected chi connectivity index (χ4v) is 12.5. The molecule has 5 aliphatic carbocycles. The topological polar surface area (TPSA) is 55.8 Å². The summed E-state index contributed by atoms with van der Waals surface area (Å²) in [6.45, 7) is 21.7. The molecule has 5 saturated carbocycles. The van der Waals surface area contributed by atoms with Gasteiger partial charge in [0.25, 0.3) is 0 Å². The van der Waals surface area contributed by atoms with Gasteiger partial charge < -0.3 is 14.6 Å². The average molecular weight is 617 g/mol. The number of rotatable bonds is 9. The molecule has 4 nitrogen and oxygen atoms in total. The molecule has 2 spiro atoms. The Morgan fingerprint density at radius 3 is 2.40 bits per heavy atom. The minimum atomic E-state index is -0.278. The molecule has 4 heteroatoms. The number of carbonyl (C=O) groups is 1. The van der Waals surface area contributed by atoms with Crippen LogP contribution in [0.4, 0.5) is 0 Å². The molecule has 1 aromatic rings. The van der Waals surface area contributed by atoms with E-state index in [4.69, 9.17) is 9.47 Å². The van der Waals surface area contributed by atoms with Crippen molar-refractivity contribution >= 4 is 12.0 Å². The summed E-state index contributed by atoms with van der Waals surface area (Å²) in [6.07, 6.45) is 17.5. The zero-order chi connectivity index (χ0) is 32.6. The van der Waals surface area contributed by atoms with E-state index in [0.717, 1.165) is 29.7 Å². The standard InChI is InChI=1S/C41H60O4/c1-26(2)27(3)10-11-28(4)30-18-20-39(8)34-16-15-33-37(5,6)35(19-21-40(33)25-41(34,40)23-22-38(30,39)7)45-36(43)17-13-29-12-14-31(42)32(24-29)44-9/h12-14,17,24,26,28,30,33-35,42H,3,10-11,15-16,18-23,25H2,1-2,4-9H3/b17-13+/t28?,30?,33-,34-,35?,38?,39-,40?,41?/m0/s1. The maximum absolute atomic E-state index is 13.1. The van der Waals surface area contributed by atoms with Crippen LogP contribution in [0.3, 0.4) is 0 Å². The number of phenols is 1. The number of hydrogen-bond acceptors (Lipinski definition) is 4. The number of benzene rings is 1. The van der Waals surface area contributed by atoms with E-state index in [1.54, 1.807) is 24.3 Å². The van der Waals surface area contributed by atoms with Crippen molar-refractivity contribution in [1.82, 2.24) is 0 Å². The maximum Gasteiger partial charge on any atom is 0.331 e. The quantitative estimate of drug-likeness (QED) is 0.170. The molecule has 0 aliphatic heterocycles. The van der Waals surface area contributed by atoms with Crippen LogP contribution in [0.1, 0.15) is 125 Å². The smallest absolute Gasteiger partial charge is 0.331 e. The molecular weight excluding hydrogens is 556 g/mol. The molecule has 45 heavy (non-hydrogen) atoms. The minimum Gasteiger partial charge on any atom is -0.504 e. The van der Waals surface area contributed by atoms with E-state index in [1.165, 1.54) is 83.0 Å². The fraction of sp³-hybridized carbons (Fsp3) is 0.732. The number of phenolic OH excluding ortho intramolecular Hbond substituents is 1. The van der Waals surface area contributed by atoms with Gasteiger partial charge in [-0.25, -0.2) is 4.79 Å². The first-order valence-electron chi connectivity index (χ1n) is 18.1. The van der Waals surface area contributed by atoms with E-state index in [9.17, 15) is 9.90 Å². The van der Waals surface area contributed by atoms with Crippen molar-refractivity contribution in [2.24, 2.45) is 56.7 Å². The Morgan fingerprint density at radius 1 is 0.978 bits per heavy atom. The lowest BCUT2D eigenvalue weighted by Gasteiger charge is -2.63. The Labute approximate surface area is 273 Å². The molecule has 1 aromatic carbocycles. The first-order chi connectivity index (χ1) is 21.1. The van der Waals surface area contributed by atoms with Crippen LogP contribution in [0.5, 0.6) is 11.5 Å². The van der Waals surface area contributed by atoms with Crippen LogP contribution >= 0.6 is 0 Å². The van der Waals surface area contributed by atoms with Crippen LogP contribution in [-0.4, -0.2) is 24.3 Å². The number of aromatic hydroxyl groups is 1. The van der Waals surface area contributed by atoms with Crippen molar-refractivity contribution in [3.63, 3.8) is 0 Å². The fourth-order valence-electron chi connectivity index (χ4n) is 12.5. The highest BCUT2D eigenvalue weighted by Gasteiger charge is 2.82. The van der Waals surface area contributed by atoms with Crippen LogP contribution in [0.15, 0.2) is 36.4 Å². The highest BCUT2D eigenvalue weighted by molar-refractivity contribution is 5.87. The molecule has 5 fully saturated rings. The van der Waals surface area contributed by atoms with E-state index >= 15 is 0 Å². The normalized spacial score (nSPS) is 40.2. The summed E-state index contributed by atoms with van der Waals surface area (Å²) in [5, 5.41) is 9.89. The van der Waals surface area contributed by atoms with Gasteiger partial charge in [-0.1, -0.05) is 66.7 Å². The zero-order valence-electron chi connectivity index (χ0n) is 29.5. The predicted molar refractivity (Wildman–Crippen MR) is 183 cm³/mol. The van der Waals surface area contributed by atoms with E-state index in [2.05, 4.69) is 55.0 Å². The Balaban J connectivity index is 1.14. The monoisotopic (exact) mass is 616 g/mol. The molecule has 0 radical (unpaired) electrons. The van der Waals surface area contributed by atoms with Crippen molar-refractivity contribution in [2.75, 3.05) is 7.11 Å². The first-order valence-corrected chi connectivity index (χ1v) is 18.1. The minimum absolute atomic E-state index is 0.0365. The second-order valence-electron chi connectivity index (χ2n) is 17.5. The number of hydrogen-bond donors (Lipinski definition) is 1. The number of carbonyl (C=O) groups excluding carboxylic acids is 1. The van der Waals surface area contributed by atoms with Crippen molar-refractivity contribution < 1.29 is 19.4 Å². The van der Waals surface area contributed by atoms with Gasteiger partial charge in [-0.2, -0.15) is 0 Å². The predicted octanol–water partition coefficient (Wildman–Crippen LogP) is 10.4. The van der Waals surface area contributed by atoms with Crippen LogP contribution in [0.2, 0.25) is 0 Å². The Morgan fingerprint density at radius 2 is 1.69 bits per heavy atom. The summed E-state index contributed by atoms with van der Waals surface area (Å²) in [6, 6.07) is 5.08. The third-order valence-corrected chi connectivity index (χ3v) is 15.4. The summed E-state index contributed by atoms with van der Waals surface area (Å²) < 4.78 is 11.5. The summed E-state index contributed by atoms with van der Waals surface area (Å²) in [5.74, 6) is 3.84. The molecule has 5 aliphatic rings. The van der Waals surface area contributed by atoms with Gasteiger partial charge in [0.2, 0.25) is 0 Å². The number of esters is 1. The second kappa shape index (κ2) is 11.2. The summed E-state index contributed by atoms with van der Waals surface area (Å²) in [5.41, 5.74) is 3.99. The molecule has 0 amide bonds. The van der Waals surface area contributed by atoms with Gasteiger partial charge in [0.15, 0.2) is 11.5 Å². The average Bonchev–Trinajstić information content (AvgIpc) is 3.58. The summed E-state index contributed by atoms with van der Waals surface area (Å²) in [4.78, 5) is 13.1. The van der Waals surface area contributed by atoms with E-state index in [-0.39, 0.29) is 23.2 Å². The molecule has 6 unspecified atom stereocenters. The molecule has 0 aromatic heterocycles. The van der Waals surface area contributed by atoms with Gasteiger partial charge in [0.05, 0.1) is 7.11 Å². The molecular formula is C41H60O4. The van der Waals surface area contributed by atoms with Gasteiger partial charge in [-0.3, -0.25) is 0 Å². The van der Waals surface area contributed by atoms with Gasteiger partial charge in [0, 0.05) is 11.5 Å². The maximum atomic E-state index is 13.1.